The van der Waals surface area contributed by atoms with E-state index >= 15 is 0 Å². The first kappa shape index (κ1) is 14.9. The number of amides is 1. The molecule has 0 aliphatic heterocycles. The van der Waals surface area contributed by atoms with Gasteiger partial charge in [0.1, 0.15) is 12.3 Å². The third kappa shape index (κ3) is 4.91. The van der Waals surface area contributed by atoms with E-state index in [-0.39, 0.29) is 5.91 Å². The Labute approximate surface area is 111 Å². The molecule has 0 radical (unpaired) electrons. The van der Waals surface area contributed by atoms with Crippen molar-refractivity contribution in [3.8, 4) is 0 Å². The van der Waals surface area contributed by atoms with Crippen LogP contribution in [0.4, 0.5) is 0 Å². The quantitative estimate of drug-likeness (QED) is 0.457. The minimum Gasteiger partial charge on any atom is -0.467 e. The van der Waals surface area contributed by atoms with Crippen molar-refractivity contribution in [2.45, 2.75) is 25.3 Å². The summed E-state index contributed by atoms with van der Waals surface area (Å²) in [5.74, 6) is -0.836. The fourth-order valence-electron chi connectivity index (χ4n) is 1.63. The second-order valence-corrected chi connectivity index (χ2v) is 4.01. The third-order valence-corrected chi connectivity index (χ3v) is 2.64. The van der Waals surface area contributed by atoms with Crippen LogP contribution in [0.1, 0.15) is 29.6 Å². The summed E-state index contributed by atoms with van der Waals surface area (Å²) in [5.41, 5.74) is 0.479. The number of esters is 1. The number of ether oxygens (including phenoxy) is 1. The minimum absolute atomic E-state index is 0.331. The highest BCUT2D eigenvalue weighted by atomic mass is 16.5. The predicted molar refractivity (Wildman–Crippen MR) is 69.6 cm³/mol. The molecule has 0 aliphatic carbocycles. The monoisotopic (exact) mass is 263 g/mol. The van der Waals surface area contributed by atoms with Gasteiger partial charge < -0.3 is 14.8 Å². The van der Waals surface area contributed by atoms with Gasteiger partial charge in [0, 0.05) is 12.0 Å². The molecule has 1 amide bonds. The normalized spacial score (nSPS) is 11.4. The Kier molecular flexibility index (Phi) is 6.29. The van der Waals surface area contributed by atoms with E-state index in [1.165, 1.54) is 7.11 Å². The first-order chi connectivity index (χ1) is 9.19. The molecule has 5 nitrogen and oxygen atoms in total. The van der Waals surface area contributed by atoms with Crippen molar-refractivity contribution in [2.24, 2.45) is 0 Å². The maximum Gasteiger partial charge on any atom is 0.328 e. The SMILES string of the molecule is COC(=O)C(CCCC=O)NC(=O)c1ccccc1. The van der Waals surface area contributed by atoms with Gasteiger partial charge in [0.05, 0.1) is 7.11 Å². The molecule has 1 unspecified atom stereocenters. The highest BCUT2D eigenvalue weighted by Gasteiger charge is 2.21. The van der Waals surface area contributed by atoms with Gasteiger partial charge in [-0.2, -0.15) is 0 Å². The summed E-state index contributed by atoms with van der Waals surface area (Å²) in [7, 11) is 1.27. The van der Waals surface area contributed by atoms with Crippen molar-refractivity contribution in [2.75, 3.05) is 7.11 Å². The lowest BCUT2D eigenvalue weighted by Gasteiger charge is -2.15. The van der Waals surface area contributed by atoms with E-state index in [0.29, 0.717) is 24.8 Å². The first-order valence-corrected chi connectivity index (χ1v) is 6.06. The molecule has 0 aliphatic rings. The Morgan fingerprint density at radius 3 is 2.58 bits per heavy atom. The van der Waals surface area contributed by atoms with Crippen LogP contribution in [-0.4, -0.2) is 31.3 Å². The Bertz CT molecular complexity index is 430. The molecule has 19 heavy (non-hydrogen) atoms. The summed E-state index contributed by atoms with van der Waals surface area (Å²) >= 11 is 0. The topological polar surface area (TPSA) is 72.5 Å². The van der Waals surface area contributed by atoms with E-state index in [2.05, 4.69) is 10.1 Å². The summed E-state index contributed by atoms with van der Waals surface area (Å²) < 4.78 is 4.64. The highest BCUT2D eigenvalue weighted by Crippen LogP contribution is 2.05. The number of nitrogens with one attached hydrogen (secondary N) is 1. The fraction of sp³-hybridized carbons (Fsp3) is 0.357. The predicted octanol–water partition coefficient (Wildman–Crippen LogP) is 1.33. The van der Waals surface area contributed by atoms with Crippen molar-refractivity contribution in [1.29, 1.82) is 0 Å². The molecule has 1 atom stereocenters. The van der Waals surface area contributed by atoms with Crippen LogP contribution in [0.2, 0.25) is 0 Å². The Hall–Kier alpha value is -2.17. The summed E-state index contributed by atoms with van der Waals surface area (Å²) in [6.45, 7) is 0. The number of rotatable bonds is 7. The lowest BCUT2D eigenvalue weighted by Crippen LogP contribution is -2.41. The number of carbonyl (C=O) groups excluding carboxylic acids is 3. The number of aldehydes is 1. The Morgan fingerprint density at radius 1 is 1.32 bits per heavy atom. The molecule has 1 aromatic rings. The van der Waals surface area contributed by atoms with E-state index in [9.17, 15) is 14.4 Å². The number of unbranched alkanes of at least 4 members (excludes halogenated alkanes) is 1. The Morgan fingerprint density at radius 2 is 2.00 bits per heavy atom. The van der Waals surface area contributed by atoms with Crippen LogP contribution < -0.4 is 5.32 Å². The number of hydrogen-bond donors (Lipinski definition) is 1. The van der Waals surface area contributed by atoms with Gasteiger partial charge in [-0.25, -0.2) is 4.79 Å². The van der Waals surface area contributed by atoms with Crippen LogP contribution >= 0.6 is 0 Å². The molecule has 1 N–H and O–H groups in total. The molecule has 0 fully saturated rings. The standard InChI is InChI=1S/C14H17NO4/c1-19-14(18)12(9-5-6-10-16)15-13(17)11-7-3-2-4-8-11/h2-4,7-8,10,12H,5-6,9H2,1H3,(H,15,17). The summed E-state index contributed by atoms with van der Waals surface area (Å²) in [6.07, 6.45) is 2.05. The molecule has 1 aromatic carbocycles. The fourth-order valence-corrected chi connectivity index (χ4v) is 1.63. The molecule has 0 bridgehead atoms. The smallest absolute Gasteiger partial charge is 0.328 e. The molecular weight excluding hydrogens is 246 g/mol. The molecule has 0 heterocycles. The van der Waals surface area contributed by atoms with Crippen molar-refractivity contribution in [3.05, 3.63) is 35.9 Å². The van der Waals surface area contributed by atoms with Gasteiger partial charge in [0.25, 0.3) is 5.91 Å². The average molecular weight is 263 g/mol. The van der Waals surface area contributed by atoms with Gasteiger partial charge >= 0.3 is 5.97 Å². The van der Waals surface area contributed by atoms with E-state index < -0.39 is 12.0 Å². The molecular formula is C14H17NO4. The zero-order chi connectivity index (χ0) is 14.1. The van der Waals surface area contributed by atoms with Gasteiger partial charge in [0.15, 0.2) is 0 Å². The number of methoxy groups -OCH3 is 1. The van der Waals surface area contributed by atoms with Gasteiger partial charge in [-0.3, -0.25) is 4.79 Å². The number of hydrogen-bond acceptors (Lipinski definition) is 4. The minimum atomic E-state index is -0.724. The van der Waals surface area contributed by atoms with Gasteiger partial charge in [-0.05, 0) is 25.0 Å². The van der Waals surface area contributed by atoms with Crippen LogP contribution in [0, 0.1) is 0 Å². The molecule has 0 saturated heterocycles. The van der Waals surface area contributed by atoms with Gasteiger partial charge in [0.2, 0.25) is 0 Å². The van der Waals surface area contributed by atoms with Crippen LogP contribution in [0.5, 0.6) is 0 Å². The Balaban J connectivity index is 2.63. The molecule has 0 saturated carbocycles. The molecule has 1 rings (SSSR count). The summed E-state index contributed by atoms with van der Waals surface area (Å²) in [5, 5.41) is 2.61. The third-order valence-electron chi connectivity index (χ3n) is 2.64. The lowest BCUT2D eigenvalue weighted by molar-refractivity contribution is -0.143. The second kappa shape index (κ2) is 8.02. The number of benzene rings is 1. The molecule has 0 spiro atoms. The van der Waals surface area contributed by atoms with Crippen LogP contribution in [0.15, 0.2) is 30.3 Å². The maximum atomic E-state index is 11.9. The van der Waals surface area contributed by atoms with Gasteiger partial charge in [-0.1, -0.05) is 18.2 Å². The van der Waals surface area contributed by atoms with Crippen LogP contribution in [-0.2, 0) is 14.3 Å². The maximum absolute atomic E-state index is 11.9. The van der Waals surface area contributed by atoms with Crippen molar-refractivity contribution < 1.29 is 19.1 Å². The molecule has 5 heteroatoms. The number of carbonyl (C=O) groups is 3. The van der Waals surface area contributed by atoms with E-state index in [0.717, 1.165) is 6.29 Å². The first-order valence-electron chi connectivity index (χ1n) is 6.06. The van der Waals surface area contributed by atoms with Crippen molar-refractivity contribution >= 4 is 18.2 Å². The van der Waals surface area contributed by atoms with Gasteiger partial charge in [-0.15, -0.1) is 0 Å². The zero-order valence-corrected chi connectivity index (χ0v) is 10.8. The summed E-state index contributed by atoms with van der Waals surface area (Å²) in [6, 6.07) is 7.89. The highest BCUT2D eigenvalue weighted by molar-refractivity contribution is 5.96. The largest absolute Gasteiger partial charge is 0.467 e. The summed E-state index contributed by atoms with van der Waals surface area (Å²) in [4.78, 5) is 33.7. The average Bonchev–Trinajstić information content (AvgIpc) is 2.46. The van der Waals surface area contributed by atoms with E-state index in [1.54, 1.807) is 30.3 Å². The second-order valence-electron chi connectivity index (χ2n) is 4.01. The van der Waals surface area contributed by atoms with Crippen LogP contribution in [0.25, 0.3) is 0 Å². The zero-order valence-electron chi connectivity index (χ0n) is 10.8. The van der Waals surface area contributed by atoms with Crippen LogP contribution in [0.3, 0.4) is 0 Å². The molecule has 0 aromatic heterocycles. The van der Waals surface area contributed by atoms with E-state index in [4.69, 9.17) is 0 Å². The van der Waals surface area contributed by atoms with Crippen molar-refractivity contribution in [3.63, 3.8) is 0 Å². The lowest BCUT2D eigenvalue weighted by atomic mass is 10.1. The van der Waals surface area contributed by atoms with Crippen molar-refractivity contribution in [1.82, 2.24) is 5.32 Å². The molecule has 102 valence electrons. The van der Waals surface area contributed by atoms with E-state index in [1.807, 2.05) is 0 Å².